The minimum Gasteiger partial charge on any atom is -0.453 e. The van der Waals surface area contributed by atoms with Gasteiger partial charge in [0.25, 0.3) is 5.91 Å². The Morgan fingerprint density at radius 3 is 2.54 bits per heavy atom. The fourth-order valence-corrected chi connectivity index (χ4v) is 2.40. The van der Waals surface area contributed by atoms with Gasteiger partial charge in [-0.2, -0.15) is 0 Å². The van der Waals surface area contributed by atoms with Gasteiger partial charge in [-0.1, -0.05) is 18.2 Å². The number of carbonyl (C=O) groups is 2. The molecule has 1 atom stereocenters. The van der Waals surface area contributed by atoms with Gasteiger partial charge in [-0.3, -0.25) is 10.1 Å². The monoisotopic (exact) mass is 362 g/mol. The summed E-state index contributed by atoms with van der Waals surface area (Å²) in [7, 11) is 1.23. The highest BCUT2D eigenvalue weighted by atomic mass is 19.2. The number of hydrogen-bond donors (Lipinski definition) is 2. The third-order valence-corrected chi connectivity index (χ3v) is 3.82. The number of amides is 2. The number of benzene rings is 2. The third-order valence-electron chi connectivity index (χ3n) is 3.82. The van der Waals surface area contributed by atoms with E-state index in [-0.39, 0.29) is 11.9 Å². The maximum atomic E-state index is 13.2. The van der Waals surface area contributed by atoms with Crippen LogP contribution in [-0.2, 0) is 11.2 Å². The largest absolute Gasteiger partial charge is 0.453 e. The van der Waals surface area contributed by atoms with Gasteiger partial charge in [0.1, 0.15) is 0 Å². The number of hydrogen-bond acceptors (Lipinski definition) is 3. The lowest BCUT2D eigenvalue weighted by Crippen LogP contribution is -2.33. The molecular formula is C19H20F2N2O3. The summed E-state index contributed by atoms with van der Waals surface area (Å²) in [5, 5.41) is 5.31. The van der Waals surface area contributed by atoms with E-state index in [1.807, 2.05) is 6.92 Å². The summed E-state index contributed by atoms with van der Waals surface area (Å²) in [5.41, 5.74) is 1.29. The zero-order valence-corrected chi connectivity index (χ0v) is 14.5. The van der Waals surface area contributed by atoms with Crippen LogP contribution in [0.2, 0.25) is 0 Å². The summed E-state index contributed by atoms with van der Waals surface area (Å²) in [5.74, 6) is -2.12. The molecule has 0 aliphatic rings. The molecule has 0 saturated carbocycles. The van der Waals surface area contributed by atoms with Crippen molar-refractivity contribution in [2.75, 3.05) is 12.4 Å². The zero-order chi connectivity index (χ0) is 19.1. The van der Waals surface area contributed by atoms with Crippen LogP contribution in [0.15, 0.2) is 42.5 Å². The van der Waals surface area contributed by atoms with Gasteiger partial charge in [0.15, 0.2) is 11.6 Å². The Hall–Kier alpha value is -2.96. The molecule has 5 nitrogen and oxygen atoms in total. The summed E-state index contributed by atoms with van der Waals surface area (Å²) in [6.45, 7) is 1.81. The Morgan fingerprint density at radius 2 is 1.85 bits per heavy atom. The van der Waals surface area contributed by atoms with E-state index in [0.717, 1.165) is 12.1 Å². The van der Waals surface area contributed by atoms with Gasteiger partial charge in [-0.15, -0.1) is 0 Å². The topological polar surface area (TPSA) is 67.4 Å². The maximum Gasteiger partial charge on any atom is 0.411 e. The molecule has 0 spiro atoms. The number of nitrogens with one attached hydrogen (secondary N) is 2. The van der Waals surface area contributed by atoms with Crippen LogP contribution in [0.5, 0.6) is 0 Å². The highest BCUT2D eigenvalue weighted by molar-refractivity contribution is 6.02. The number of anilines is 1. The molecule has 0 aliphatic carbocycles. The van der Waals surface area contributed by atoms with Crippen LogP contribution < -0.4 is 10.6 Å². The predicted octanol–water partition coefficient (Wildman–Crippen LogP) is 3.89. The van der Waals surface area contributed by atoms with Crippen molar-refractivity contribution in [2.24, 2.45) is 0 Å². The van der Waals surface area contributed by atoms with Crippen molar-refractivity contribution in [1.82, 2.24) is 5.32 Å². The van der Waals surface area contributed by atoms with Crippen molar-refractivity contribution in [3.05, 3.63) is 65.2 Å². The van der Waals surface area contributed by atoms with Crippen LogP contribution in [0, 0.1) is 11.6 Å². The van der Waals surface area contributed by atoms with Gasteiger partial charge < -0.3 is 10.1 Å². The first-order valence-corrected chi connectivity index (χ1v) is 8.09. The van der Waals surface area contributed by atoms with E-state index >= 15 is 0 Å². The zero-order valence-electron chi connectivity index (χ0n) is 14.5. The van der Waals surface area contributed by atoms with E-state index in [2.05, 4.69) is 15.4 Å². The summed E-state index contributed by atoms with van der Waals surface area (Å²) in [4.78, 5) is 23.8. The van der Waals surface area contributed by atoms with Crippen molar-refractivity contribution < 1.29 is 23.1 Å². The van der Waals surface area contributed by atoms with Crippen molar-refractivity contribution in [2.45, 2.75) is 25.8 Å². The minimum atomic E-state index is -0.887. The van der Waals surface area contributed by atoms with Gasteiger partial charge in [-0.25, -0.2) is 13.6 Å². The lowest BCUT2D eigenvalue weighted by Gasteiger charge is -2.16. The molecule has 0 aromatic heterocycles. The average molecular weight is 362 g/mol. The lowest BCUT2D eigenvalue weighted by atomic mass is 10.1. The fourth-order valence-electron chi connectivity index (χ4n) is 2.40. The predicted molar refractivity (Wildman–Crippen MR) is 94.1 cm³/mol. The van der Waals surface area contributed by atoms with Crippen LogP contribution in [-0.4, -0.2) is 25.2 Å². The lowest BCUT2D eigenvalue weighted by molar-refractivity contribution is 0.0939. The summed E-state index contributed by atoms with van der Waals surface area (Å²) in [6.07, 6.45) is 0.362. The number of methoxy groups -OCH3 is 1. The molecule has 26 heavy (non-hydrogen) atoms. The van der Waals surface area contributed by atoms with Crippen LogP contribution in [0.25, 0.3) is 0 Å². The van der Waals surface area contributed by atoms with E-state index in [0.29, 0.717) is 29.7 Å². The molecular weight excluding hydrogens is 342 g/mol. The molecule has 138 valence electrons. The first-order chi connectivity index (χ1) is 12.4. The molecule has 1 unspecified atom stereocenters. The molecule has 2 aromatic rings. The van der Waals surface area contributed by atoms with Crippen LogP contribution in [0.1, 0.15) is 29.3 Å². The van der Waals surface area contributed by atoms with E-state index in [9.17, 15) is 18.4 Å². The SMILES string of the molecule is COC(=O)Nc1ccccc1C(=O)NC(C)CCc1ccc(F)c(F)c1. The minimum absolute atomic E-state index is 0.207. The first kappa shape index (κ1) is 19.4. The standard InChI is InChI=1S/C19H20F2N2O3/c1-12(7-8-13-9-10-15(20)16(21)11-13)22-18(24)14-5-3-4-6-17(14)23-19(25)26-2/h3-6,9-12H,7-8H2,1-2H3,(H,22,24)(H,23,25). The third kappa shape index (κ3) is 5.27. The van der Waals surface area contributed by atoms with E-state index < -0.39 is 17.7 Å². The molecule has 2 aromatic carbocycles. The van der Waals surface area contributed by atoms with Crippen molar-refractivity contribution in [1.29, 1.82) is 0 Å². The summed E-state index contributed by atoms with van der Waals surface area (Å²) in [6, 6.07) is 10.1. The molecule has 2 N–H and O–H groups in total. The average Bonchev–Trinajstić information content (AvgIpc) is 2.63. The molecule has 0 bridgehead atoms. The highest BCUT2D eigenvalue weighted by Gasteiger charge is 2.15. The number of aryl methyl sites for hydroxylation is 1. The van der Waals surface area contributed by atoms with Gasteiger partial charge in [0.2, 0.25) is 0 Å². The summed E-state index contributed by atoms with van der Waals surface area (Å²) < 4.78 is 30.7. The number of ether oxygens (including phenoxy) is 1. The molecule has 0 radical (unpaired) electrons. The number of para-hydroxylation sites is 1. The molecule has 0 fully saturated rings. The number of rotatable bonds is 6. The van der Waals surface area contributed by atoms with Crippen LogP contribution in [0.3, 0.4) is 0 Å². The van der Waals surface area contributed by atoms with Gasteiger partial charge in [0.05, 0.1) is 18.4 Å². The van der Waals surface area contributed by atoms with Crippen LogP contribution >= 0.6 is 0 Å². The Bertz CT molecular complexity index is 796. The Labute approximate surface area is 150 Å². The van der Waals surface area contributed by atoms with Crippen molar-refractivity contribution in [3.63, 3.8) is 0 Å². The second-order valence-corrected chi connectivity index (χ2v) is 5.82. The molecule has 2 amide bonds. The second-order valence-electron chi connectivity index (χ2n) is 5.82. The fraction of sp³-hybridized carbons (Fsp3) is 0.263. The number of carbonyl (C=O) groups excluding carboxylic acids is 2. The molecule has 0 saturated heterocycles. The summed E-state index contributed by atoms with van der Waals surface area (Å²) >= 11 is 0. The maximum absolute atomic E-state index is 13.2. The molecule has 2 rings (SSSR count). The highest BCUT2D eigenvalue weighted by Crippen LogP contribution is 2.16. The second kappa shape index (κ2) is 8.94. The normalized spacial score (nSPS) is 11.5. The van der Waals surface area contributed by atoms with E-state index in [4.69, 9.17) is 0 Å². The van der Waals surface area contributed by atoms with Gasteiger partial charge in [-0.05, 0) is 49.6 Å². The molecule has 0 aliphatic heterocycles. The quantitative estimate of drug-likeness (QED) is 0.819. The first-order valence-electron chi connectivity index (χ1n) is 8.09. The smallest absolute Gasteiger partial charge is 0.411 e. The van der Waals surface area contributed by atoms with Crippen LogP contribution in [0.4, 0.5) is 19.3 Å². The molecule has 0 heterocycles. The number of halogens is 2. The Kier molecular flexibility index (Phi) is 6.66. The van der Waals surface area contributed by atoms with E-state index in [1.54, 1.807) is 24.3 Å². The molecule has 7 heteroatoms. The van der Waals surface area contributed by atoms with Gasteiger partial charge in [0, 0.05) is 6.04 Å². The van der Waals surface area contributed by atoms with Crippen molar-refractivity contribution in [3.8, 4) is 0 Å². The van der Waals surface area contributed by atoms with Gasteiger partial charge >= 0.3 is 6.09 Å². The Morgan fingerprint density at radius 1 is 1.12 bits per heavy atom. The van der Waals surface area contributed by atoms with E-state index in [1.165, 1.54) is 13.2 Å². The van der Waals surface area contributed by atoms with Crippen molar-refractivity contribution >= 4 is 17.7 Å². The Balaban J connectivity index is 1.96.